The van der Waals surface area contributed by atoms with E-state index < -0.39 is 28.6 Å². The summed E-state index contributed by atoms with van der Waals surface area (Å²) in [7, 11) is 0. The molecular weight excluding hydrogens is 392 g/mol. The van der Waals surface area contributed by atoms with Gasteiger partial charge in [0.05, 0.1) is 6.10 Å². The number of rotatable bonds is 5. The summed E-state index contributed by atoms with van der Waals surface area (Å²) in [5, 5.41) is 0. The molecule has 31 heavy (non-hydrogen) atoms. The van der Waals surface area contributed by atoms with Gasteiger partial charge in [-0.15, -0.1) is 0 Å². The van der Waals surface area contributed by atoms with E-state index >= 15 is 0 Å². The maximum absolute atomic E-state index is 13.3. The summed E-state index contributed by atoms with van der Waals surface area (Å²) in [6.07, 6.45) is 6.20. The van der Waals surface area contributed by atoms with E-state index in [1.54, 1.807) is 41.5 Å². The summed E-state index contributed by atoms with van der Waals surface area (Å²) in [6.45, 7) is 14.7. The molecule has 0 aromatic heterocycles. The number of benzene rings is 1. The molecule has 0 radical (unpaired) electrons. The van der Waals surface area contributed by atoms with Gasteiger partial charge in [0, 0.05) is 5.56 Å². The van der Waals surface area contributed by atoms with Gasteiger partial charge >= 0.3 is 11.9 Å². The lowest BCUT2D eigenvalue weighted by molar-refractivity contribution is -0.185. The summed E-state index contributed by atoms with van der Waals surface area (Å²) in [6, 6.07) is 7.72. The van der Waals surface area contributed by atoms with E-state index in [1.165, 1.54) is 0 Å². The van der Waals surface area contributed by atoms with Crippen LogP contribution in [-0.2, 0) is 19.1 Å². The normalized spacial score (nSPS) is 17.5. The van der Waals surface area contributed by atoms with Crippen molar-refractivity contribution in [3.05, 3.63) is 47.6 Å². The van der Waals surface area contributed by atoms with Crippen LogP contribution in [0.25, 0.3) is 6.08 Å². The number of allylic oxidation sites excluding steroid dienone is 3. The maximum atomic E-state index is 13.3. The molecular formula is C26H36O5. The van der Waals surface area contributed by atoms with Gasteiger partial charge in [-0.3, -0.25) is 9.59 Å². The molecule has 5 heteroatoms. The summed E-state index contributed by atoms with van der Waals surface area (Å²) in [4.78, 5) is 26.5. The average molecular weight is 429 g/mol. The topological polar surface area (TPSA) is 61.8 Å². The first kappa shape index (κ1) is 24.7. The molecule has 1 aromatic rings. The lowest BCUT2D eigenvalue weighted by Gasteiger charge is -2.36. The molecule has 0 heterocycles. The van der Waals surface area contributed by atoms with Crippen molar-refractivity contribution in [1.29, 1.82) is 0 Å². The van der Waals surface area contributed by atoms with Gasteiger partial charge in [-0.05, 0) is 85.9 Å². The molecule has 1 aromatic carbocycles. The third-order valence-electron chi connectivity index (χ3n) is 4.51. The molecule has 0 spiro atoms. The standard InChI is InChI=1S/C26H36O5/c1-18(2)29-21-14-10-9-13-20(21)16-19-12-11-15-26(17-19,22(27)30-24(3,4)5)23(28)31-25(6,7)8/h9-14,16,18H,15,17H2,1-8H3/b19-16+. The van der Waals surface area contributed by atoms with Crippen molar-refractivity contribution in [2.75, 3.05) is 0 Å². The third-order valence-corrected chi connectivity index (χ3v) is 4.51. The molecule has 1 aliphatic rings. The molecule has 1 aliphatic carbocycles. The van der Waals surface area contributed by atoms with Gasteiger partial charge in [0.2, 0.25) is 0 Å². The van der Waals surface area contributed by atoms with Gasteiger partial charge in [-0.25, -0.2) is 0 Å². The van der Waals surface area contributed by atoms with Gasteiger partial charge in [0.1, 0.15) is 17.0 Å². The zero-order valence-corrected chi connectivity index (χ0v) is 20.1. The number of ether oxygens (including phenoxy) is 3. The van der Waals surface area contributed by atoms with E-state index in [-0.39, 0.29) is 18.9 Å². The van der Waals surface area contributed by atoms with Gasteiger partial charge in [0.25, 0.3) is 0 Å². The number of hydrogen-bond donors (Lipinski definition) is 0. The molecule has 0 bridgehead atoms. The lowest BCUT2D eigenvalue weighted by atomic mass is 9.74. The van der Waals surface area contributed by atoms with Gasteiger partial charge < -0.3 is 14.2 Å². The fourth-order valence-electron chi connectivity index (χ4n) is 3.30. The van der Waals surface area contributed by atoms with Crippen LogP contribution in [0.15, 0.2) is 42.0 Å². The molecule has 170 valence electrons. The Morgan fingerprint density at radius 1 is 0.968 bits per heavy atom. The predicted octanol–water partition coefficient (Wildman–Crippen LogP) is 5.88. The van der Waals surface area contributed by atoms with Crippen molar-refractivity contribution in [2.24, 2.45) is 5.41 Å². The Labute approximate surface area is 186 Å². The van der Waals surface area contributed by atoms with E-state index in [0.717, 1.165) is 16.9 Å². The molecule has 0 aliphatic heterocycles. The fourth-order valence-corrected chi connectivity index (χ4v) is 3.30. The quantitative estimate of drug-likeness (QED) is 0.433. The molecule has 0 saturated carbocycles. The van der Waals surface area contributed by atoms with E-state index in [4.69, 9.17) is 14.2 Å². The molecule has 0 unspecified atom stereocenters. The summed E-state index contributed by atoms with van der Waals surface area (Å²) >= 11 is 0. The van der Waals surface area contributed by atoms with Crippen LogP contribution < -0.4 is 4.74 Å². The molecule has 0 saturated heterocycles. The SMILES string of the molecule is CC(C)Oc1ccccc1/C=C1\C=CCC(C(=O)OC(C)(C)C)(C(=O)OC(C)(C)C)C1. The fraction of sp³-hybridized carbons (Fsp3) is 0.538. The van der Waals surface area contributed by atoms with E-state index in [9.17, 15) is 9.59 Å². The molecule has 0 N–H and O–H groups in total. The number of esters is 2. The van der Waals surface area contributed by atoms with Crippen LogP contribution in [0.5, 0.6) is 5.75 Å². The van der Waals surface area contributed by atoms with Crippen molar-refractivity contribution in [2.45, 2.75) is 85.5 Å². The van der Waals surface area contributed by atoms with Crippen molar-refractivity contribution in [1.82, 2.24) is 0 Å². The van der Waals surface area contributed by atoms with Crippen molar-refractivity contribution in [3.63, 3.8) is 0 Å². The highest BCUT2D eigenvalue weighted by Gasteiger charge is 2.51. The Morgan fingerprint density at radius 3 is 2.03 bits per heavy atom. The Morgan fingerprint density at radius 2 is 1.52 bits per heavy atom. The Kier molecular flexibility index (Phi) is 7.40. The van der Waals surface area contributed by atoms with Gasteiger partial charge in [-0.2, -0.15) is 0 Å². The van der Waals surface area contributed by atoms with Crippen LogP contribution in [-0.4, -0.2) is 29.2 Å². The van der Waals surface area contributed by atoms with Crippen LogP contribution >= 0.6 is 0 Å². The monoisotopic (exact) mass is 428 g/mol. The first-order valence-corrected chi connectivity index (χ1v) is 10.8. The minimum atomic E-state index is -1.42. The van der Waals surface area contributed by atoms with E-state index in [1.807, 2.05) is 56.3 Å². The number of hydrogen-bond acceptors (Lipinski definition) is 5. The van der Waals surface area contributed by atoms with Crippen LogP contribution in [0.3, 0.4) is 0 Å². The van der Waals surface area contributed by atoms with Crippen molar-refractivity contribution >= 4 is 18.0 Å². The van der Waals surface area contributed by atoms with E-state index in [2.05, 4.69) is 0 Å². The number of carbonyl (C=O) groups is 2. The van der Waals surface area contributed by atoms with Crippen LogP contribution in [0, 0.1) is 5.41 Å². The maximum Gasteiger partial charge on any atom is 0.324 e. The van der Waals surface area contributed by atoms with Gasteiger partial charge in [-0.1, -0.05) is 30.4 Å². The number of carbonyl (C=O) groups excluding carboxylic acids is 2. The highest BCUT2D eigenvalue weighted by molar-refractivity contribution is 6.01. The van der Waals surface area contributed by atoms with Crippen molar-refractivity contribution in [3.8, 4) is 5.75 Å². The van der Waals surface area contributed by atoms with Crippen LogP contribution in [0.4, 0.5) is 0 Å². The molecule has 2 rings (SSSR count). The lowest BCUT2D eigenvalue weighted by Crippen LogP contribution is -2.47. The highest BCUT2D eigenvalue weighted by Crippen LogP contribution is 2.41. The molecule has 0 atom stereocenters. The van der Waals surface area contributed by atoms with Crippen LogP contribution in [0.2, 0.25) is 0 Å². The van der Waals surface area contributed by atoms with Crippen molar-refractivity contribution < 1.29 is 23.8 Å². The molecule has 0 amide bonds. The minimum Gasteiger partial charge on any atom is -0.490 e. The smallest absolute Gasteiger partial charge is 0.324 e. The second-order valence-corrected chi connectivity index (χ2v) is 10.3. The Bertz CT molecular complexity index is 835. The minimum absolute atomic E-state index is 0.0315. The van der Waals surface area contributed by atoms with E-state index in [0.29, 0.717) is 0 Å². The highest BCUT2D eigenvalue weighted by atomic mass is 16.6. The summed E-state index contributed by atoms with van der Waals surface area (Å²) in [5.74, 6) is -0.364. The number of para-hydroxylation sites is 1. The average Bonchev–Trinajstić information content (AvgIpc) is 2.60. The molecule has 0 fully saturated rings. The first-order valence-electron chi connectivity index (χ1n) is 10.8. The third kappa shape index (κ3) is 6.98. The van der Waals surface area contributed by atoms with Crippen LogP contribution in [0.1, 0.15) is 73.8 Å². The van der Waals surface area contributed by atoms with Gasteiger partial charge in [0.15, 0.2) is 5.41 Å². The second kappa shape index (κ2) is 9.29. The first-order chi connectivity index (χ1) is 14.2. The Hall–Kier alpha value is -2.56. The zero-order valence-electron chi connectivity index (χ0n) is 20.1. The zero-order chi connectivity index (χ0) is 23.4. The Balaban J connectivity index is 2.46. The predicted molar refractivity (Wildman–Crippen MR) is 123 cm³/mol. The second-order valence-electron chi connectivity index (χ2n) is 10.3. The summed E-state index contributed by atoms with van der Waals surface area (Å²) in [5.41, 5.74) is -1.12. The molecule has 5 nitrogen and oxygen atoms in total. The largest absolute Gasteiger partial charge is 0.490 e. The summed E-state index contributed by atoms with van der Waals surface area (Å²) < 4.78 is 17.2.